The molecule has 0 aliphatic carbocycles. The molecule has 1 aliphatic heterocycles. The first-order chi connectivity index (χ1) is 16.4. The highest BCUT2D eigenvalue weighted by atomic mass is 19.1. The van der Waals surface area contributed by atoms with Crippen molar-refractivity contribution in [2.75, 3.05) is 16.8 Å². The quantitative estimate of drug-likeness (QED) is 0.434. The van der Waals surface area contributed by atoms with E-state index < -0.39 is 29.6 Å². The number of para-hydroxylation sites is 2. The number of hydrogen-bond donors (Lipinski definition) is 2. The summed E-state index contributed by atoms with van der Waals surface area (Å²) in [6, 6.07) is 19.2. The second-order valence-electron chi connectivity index (χ2n) is 7.18. The summed E-state index contributed by atoms with van der Waals surface area (Å²) in [5.41, 5.74) is 0.566. The van der Waals surface area contributed by atoms with Crippen LogP contribution in [0, 0.1) is 5.82 Å². The molecule has 1 fully saturated rings. The topological polar surface area (TPSA) is 105 Å². The van der Waals surface area contributed by atoms with E-state index in [1.54, 1.807) is 48.5 Å². The van der Waals surface area contributed by atoms with Gasteiger partial charge >= 0.3 is 6.03 Å². The number of imide groups is 2. The summed E-state index contributed by atoms with van der Waals surface area (Å²) in [5, 5.41) is 4.76. The van der Waals surface area contributed by atoms with Crippen LogP contribution in [0.25, 0.3) is 6.08 Å². The second kappa shape index (κ2) is 9.78. The highest BCUT2D eigenvalue weighted by Gasteiger charge is 2.37. The van der Waals surface area contributed by atoms with Gasteiger partial charge in [-0.2, -0.15) is 0 Å². The van der Waals surface area contributed by atoms with Crippen molar-refractivity contribution in [3.05, 3.63) is 95.8 Å². The van der Waals surface area contributed by atoms with Gasteiger partial charge < -0.3 is 10.1 Å². The number of halogens is 1. The summed E-state index contributed by atoms with van der Waals surface area (Å²) in [4.78, 5) is 50.6. The van der Waals surface area contributed by atoms with Crippen molar-refractivity contribution in [3.63, 3.8) is 0 Å². The zero-order valence-electron chi connectivity index (χ0n) is 17.7. The van der Waals surface area contributed by atoms with E-state index in [9.17, 15) is 23.6 Å². The van der Waals surface area contributed by atoms with Gasteiger partial charge in [0.05, 0.1) is 5.69 Å². The van der Waals surface area contributed by atoms with E-state index in [0.717, 1.165) is 6.07 Å². The van der Waals surface area contributed by atoms with E-state index in [-0.39, 0.29) is 23.6 Å². The number of rotatable bonds is 6. The Kier molecular flexibility index (Phi) is 6.45. The van der Waals surface area contributed by atoms with Crippen molar-refractivity contribution in [2.45, 2.75) is 0 Å². The summed E-state index contributed by atoms with van der Waals surface area (Å²) < 4.78 is 19.2. The van der Waals surface area contributed by atoms with Crippen molar-refractivity contribution in [1.29, 1.82) is 0 Å². The predicted octanol–water partition coefficient (Wildman–Crippen LogP) is 3.51. The van der Waals surface area contributed by atoms with Crippen LogP contribution in [0.2, 0.25) is 0 Å². The summed E-state index contributed by atoms with van der Waals surface area (Å²) in [6.07, 6.45) is 1.25. The Morgan fingerprint density at radius 1 is 0.971 bits per heavy atom. The van der Waals surface area contributed by atoms with Crippen molar-refractivity contribution in [3.8, 4) is 5.75 Å². The number of carbonyl (C=O) groups is 4. The number of nitrogens with zero attached hydrogens (tertiary/aromatic N) is 1. The molecule has 3 aromatic rings. The molecule has 8 nitrogen and oxygen atoms in total. The van der Waals surface area contributed by atoms with E-state index in [4.69, 9.17) is 4.74 Å². The minimum Gasteiger partial charge on any atom is -0.483 e. The Morgan fingerprint density at radius 2 is 1.71 bits per heavy atom. The number of nitrogens with one attached hydrogen (secondary N) is 2. The molecule has 1 heterocycles. The number of urea groups is 1. The van der Waals surface area contributed by atoms with E-state index in [2.05, 4.69) is 10.6 Å². The third kappa shape index (κ3) is 4.99. The molecule has 3 aromatic carbocycles. The van der Waals surface area contributed by atoms with E-state index in [1.165, 1.54) is 24.3 Å². The molecule has 0 saturated carbocycles. The Hall–Kier alpha value is -4.79. The van der Waals surface area contributed by atoms with Gasteiger partial charge in [0.15, 0.2) is 6.61 Å². The third-order valence-electron chi connectivity index (χ3n) is 4.80. The molecule has 9 heteroatoms. The molecule has 2 N–H and O–H groups in total. The Balaban J connectivity index is 1.56. The third-order valence-corrected chi connectivity index (χ3v) is 4.80. The van der Waals surface area contributed by atoms with Gasteiger partial charge in [0, 0.05) is 11.3 Å². The fourth-order valence-electron chi connectivity index (χ4n) is 3.26. The lowest BCUT2D eigenvalue weighted by atomic mass is 10.1. The van der Waals surface area contributed by atoms with Crippen molar-refractivity contribution >= 4 is 41.2 Å². The molecule has 0 bridgehead atoms. The van der Waals surface area contributed by atoms with Gasteiger partial charge in [-0.1, -0.05) is 42.5 Å². The fraction of sp³-hybridized carbons (Fsp3) is 0.0400. The van der Waals surface area contributed by atoms with E-state index in [0.29, 0.717) is 16.2 Å². The Bertz CT molecular complexity index is 1310. The smallest absolute Gasteiger partial charge is 0.335 e. The first-order valence-electron chi connectivity index (χ1n) is 10.2. The average molecular weight is 459 g/mol. The largest absolute Gasteiger partial charge is 0.483 e. The molecular weight excluding hydrogens is 441 g/mol. The van der Waals surface area contributed by atoms with Crippen molar-refractivity contribution in [2.24, 2.45) is 0 Å². The predicted molar refractivity (Wildman–Crippen MR) is 122 cm³/mol. The molecule has 34 heavy (non-hydrogen) atoms. The zero-order valence-corrected chi connectivity index (χ0v) is 17.7. The van der Waals surface area contributed by atoms with Gasteiger partial charge in [-0.25, -0.2) is 14.1 Å². The number of carbonyl (C=O) groups excluding carboxylic acids is 4. The standard InChI is InChI=1S/C25H18FN3O5/c26-17-8-6-11-19(14-17)29-24(32)20(23(31)28-25(29)33)13-16-7-4-5-12-21(16)34-15-22(30)27-18-9-2-1-3-10-18/h1-14H,15H2,(H,27,30)(H,28,31,33)/b20-13+. The molecule has 4 rings (SSSR count). The highest BCUT2D eigenvalue weighted by molar-refractivity contribution is 6.39. The van der Waals surface area contributed by atoms with Gasteiger partial charge in [-0.05, 0) is 42.5 Å². The molecule has 0 unspecified atom stereocenters. The van der Waals surface area contributed by atoms with Crippen LogP contribution in [0.3, 0.4) is 0 Å². The minimum absolute atomic E-state index is 0.0250. The molecule has 0 spiro atoms. The van der Waals surface area contributed by atoms with Gasteiger partial charge in [-0.3, -0.25) is 19.7 Å². The van der Waals surface area contributed by atoms with Crippen LogP contribution >= 0.6 is 0 Å². The summed E-state index contributed by atoms with van der Waals surface area (Å²) in [5.74, 6) is -2.63. The first-order valence-corrected chi connectivity index (χ1v) is 10.2. The summed E-state index contributed by atoms with van der Waals surface area (Å²) in [7, 11) is 0. The van der Waals surface area contributed by atoms with E-state index >= 15 is 0 Å². The number of hydrogen-bond acceptors (Lipinski definition) is 5. The SMILES string of the molecule is O=C(COc1ccccc1/C=C1\C(=O)NC(=O)N(c2cccc(F)c2)C1=O)Nc1ccccc1. The Labute approximate surface area is 193 Å². The lowest BCUT2D eigenvalue weighted by Crippen LogP contribution is -2.54. The van der Waals surface area contributed by atoms with E-state index in [1.807, 2.05) is 6.07 Å². The van der Waals surface area contributed by atoms with Crippen LogP contribution in [0.1, 0.15) is 5.56 Å². The molecular formula is C25H18FN3O5. The van der Waals surface area contributed by atoms with Crippen LogP contribution in [0.5, 0.6) is 5.75 Å². The van der Waals surface area contributed by atoms with Crippen LogP contribution in [-0.2, 0) is 14.4 Å². The number of anilines is 2. The fourth-order valence-corrected chi connectivity index (χ4v) is 3.26. The lowest BCUT2D eigenvalue weighted by molar-refractivity contribution is -0.122. The van der Waals surface area contributed by atoms with Crippen LogP contribution < -0.4 is 20.3 Å². The number of ether oxygens (including phenoxy) is 1. The molecule has 1 saturated heterocycles. The monoisotopic (exact) mass is 459 g/mol. The zero-order chi connectivity index (χ0) is 24.1. The number of barbiturate groups is 1. The van der Waals surface area contributed by atoms with Gasteiger partial charge in [-0.15, -0.1) is 0 Å². The Morgan fingerprint density at radius 3 is 2.47 bits per heavy atom. The number of amides is 5. The maximum atomic E-state index is 13.6. The second-order valence-corrected chi connectivity index (χ2v) is 7.18. The van der Waals surface area contributed by atoms with Gasteiger partial charge in [0.25, 0.3) is 17.7 Å². The maximum absolute atomic E-state index is 13.6. The minimum atomic E-state index is -0.986. The van der Waals surface area contributed by atoms with Crippen LogP contribution in [-0.4, -0.2) is 30.4 Å². The van der Waals surface area contributed by atoms with Crippen LogP contribution in [0.4, 0.5) is 20.6 Å². The lowest BCUT2D eigenvalue weighted by Gasteiger charge is -2.26. The summed E-state index contributed by atoms with van der Waals surface area (Å²) in [6.45, 7) is -0.316. The van der Waals surface area contributed by atoms with Crippen molar-refractivity contribution in [1.82, 2.24) is 5.32 Å². The maximum Gasteiger partial charge on any atom is 0.335 e. The number of benzene rings is 3. The molecule has 1 aliphatic rings. The highest BCUT2D eigenvalue weighted by Crippen LogP contribution is 2.26. The van der Waals surface area contributed by atoms with Crippen LogP contribution in [0.15, 0.2) is 84.4 Å². The molecule has 5 amide bonds. The summed E-state index contributed by atoms with van der Waals surface area (Å²) >= 11 is 0. The average Bonchev–Trinajstić information content (AvgIpc) is 2.81. The van der Waals surface area contributed by atoms with Gasteiger partial charge in [0.1, 0.15) is 17.1 Å². The van der Waals surface area contributed by atoms with Crippen molar-refractivity contribution < 1.29 is 28.3 Å². The molecule has 0 aromatic heterocycles. The molecule has 170 valence electrons. The molecule has 0 radical (unpaired) electrons. The first kappa shape index (κ1) is 22.4. The molecule has 0 atom stereocenters. The van der Waals surface area contributed by atoms with Gasteiger partial charge in [0.2, 0.25) is 0 Å². The normalized spacial score (nSPS) is 14.7.